The molecule has 2 saturated carbocycles. The molecule has 0 radical (unpaired) electrons. The van der Waals surface area contributed by atoms with Gasteiger partial charge in [0.2, 0.25) is 0 Å². The highest BCUT2D eigenvalue weighted by atomic mass is 15.0. The second kappa shape index (κ2) is 3.84. The van der Waals surface area contributed by atoms with Crippen LogP contribution in [0.25, 0.3) is 0 Å². The summed E-state index contributed by atoms with van der Waals surface area (Å²) >= 11 is 0. The zero-order valence-corrected chi connectivity index (χ0v) is 9.97. The van der Waals surface area contributed by atoms with Crippen molar-refractivity contribution in [2.75, 3.05) is 0 Å². The van der Waals surface area contributed by atoms with Crippen LogP contribution in [0.2, 0.25) is 0 Å². The monoisotopic (exact) mass is 195 g/mol. The van der Waals surface area contributed by atoms with Gasteiger partial charge < -0.3 is 5.32 Å². The van der Waals surface area contributed by atoms with Crippen LogP contribution in [-0.4, -0.2) is 12.1 Å². The van der Waals surface area contributed by atoms with Crippen LogP contribution in [0, 0.1) is 11.3 Å². The summed E-state index contributed by atoms with van der Waals surface area (Å²) in [6.45, 7) is 7.16. The maximum Gasteiger partial charge on any atom is 0.00989 e. The Kier molecular flexibility index (Phi) is 2.88. The molecule has 0 aromatic rings. The van der Waals surface area contributed by atoms with E-state index in [9.17, 15) is 0 Å². The third-order valence-electron chi connectivity index (χ3n) is 4.61. The van der Waals surface area contributed by atoms with Crippen LogP contribution >= 0.6 is 0 Å². The van der Waals surface area contributed by atoms with E-state index < -0.39 is 0 Å². The summed E-state index contributed by atoms with van der Waals surface area (Å²) in [6.07, 6.45) is 8.47. The van der Waals surface area contributed by atoms with Gasteiger partial charge in [-0.15, -0.1) is 0 Å². The maximum absolute atomic E-state index is 3.80. The normalized spacial score (nSPS) is 47.8. The van der Waals surface area contributed by atoms with Gasteiger partial charge in [0.15, 0.2) is 0 Å². The van der Waals surface area contributed by atoms with Crippen molar-refractivity contribution in [3.8, 4) is 0 Å². The van der Waals surface area contributed by atoms with Gasteiger partial charge >= 0.3 is 0 Å². The topological polar surface area (TPSA) is 12.0 Å². The first-order valence-corrected chi connectivity index (χ1v) is 6.39. The van der Waals surface area contributed by atoms with Crippen molar-refractivity contribution in [3.05, 3.63) is 0 Å². The van der Waals surface area contributed by atoms with Crippen LogP contribution in [0.3, 0.4) is 0 Å². The lowest BCUT2D eigenvalue weighted by atomic mass is 9.72. The Balaban J connectivity index is 1.73. The van der Waals surface area contributed by atoms with E-state index in [4.69, 9.17) is 0 Å². The van der Waals surface area contributed by atoms with E-state index in [0.29, 0.717) is 5.41 Å². The molecule has 0 spiro atoms. The molecule has 0 aromatic heterocycles. The van der Waals surface area contributed by atoms with Gasteiger partial charge in [0.1, 0.15) is 0 Å². The van der Waals surface area contributed by atoms with Crippen molar-refractivity contribution in [3.63, 3.8) is 0 Å². The molecule has 0 saturated heterocycles. The quantitative estimate of drug-likeness (QED) is 0.728. The lowest BCUT2D eigenvalue weighted by Crippen LogP contribution is -2.37. The molecule has 0 amide bonds. The molecule has 2 rings (SSSR count). The third-order valence-corrected chi connectivity index (χ3v) is 4.61. The minimum atomic E-state index is 0.660. The molecule has 2 aliphatic rings. The fraction of sp³-hybridized carbons (Fsp3) is 1.00. The predicted octanol–water partition coefficient (Wildman–Crippen LogP) is 3.34. The largest absolute Gasteiger partial charge is 0.311 e. The second-order valence-corrected chi connectivity index (χ2v) is 5.92. The van der Waals surface area contributed by atoms with Crippen molar-refractivity contribution < 1.29 is 0 Å². The molecule has 0 unspecified atom stereocenters. The first-order chi connectivity index (χ1) is 6.63. The average molecular weight is 195 g/mol. The zero-order chi connectivity index (χ0) is 10.2. The fourth-order valence-corrected chi connectivity index (χ4v) is 2.69. The van der Waals surface area contributed by atoms with Gasteiger partial charge in [-0.25, -0.2) is 0 Å². The number of nitrogens with one attached hydrogen (secondary N) is 1. The van der Waals surface area contributed by atoms with Gasteiger partial charge in [0.05, 0.1) is 0 Å². The lowest BCUT2D eigenvalue weighted by molar-refractivity contribution is 0.176. The smallest absolute Gasteiger partial charge is 0.00989 e. The number of rotatable bonds is 3. The van der Waals surface area contributed by atoms with E-state index in [-0.39, 0.29) is 0 Å². The molecule has 0 heterocycles. The van der Waals surface area contributed by atoms with Gasteiger partial charge in [-0.1, -0.05) is 27.2 Å². The SMILES string of the molecule is CCC1(C)CCC(N[C@@H]2C[C@H]2C)CC1. The summed E-state index contributed by atoms with van der Waals surface area (Å²) in [6, 6.07) is 1.70. The van der Waals surface area contributed by atoms with Gasteiger partial charge in [0.25, 0.3) is 0 Å². The predicted molar refractivity (Wildman–Crippen MR) is 61.4 cm³/mol. The number of hydrogen-bond acceptors (Lipinski definition) is 1. The van der Waals surface area contributed by atoms with Crippen LogP contribution < -0.4 is 5.32 Å². The molecule has 0 aromatic carbocycles. The second-order valence-electron chi connectivity index (χ2n) is 5.92. The van der Waals surface area contributed by atoms with Crippen molar-refractivity contribution in [2.24, 2.45) is 11.3 Å². The summed E-state index contributed by atoms with van der Waals surface area (Å²) in [5.74, 6) is 0.953. The van der Waals surface area contributed by atoms with Crippen molar-refractivity contribution in [1.82, 2.24) is 5.32 Å². The van der Waals surface area contributed by atoms with Crippen LogP contribution in [0.4, 0.5) is 0 Å². The van der Waals surface area contributed by atoms with E-state index in [1.807, 2.05) is 0 Å². The van der Waals surface area contributed by atoms with E-state index >= 15 is 0 Å². The number of hydrogen-bond donors (Lipinski definition) is 1. The average Bonchev–Trinajstić information content (AvgIpc) is 2.87. The molecule has 1 heteroatoms. The van der Waals surface area contributed by atoms with E-state index in [0.717, 1.165) is 18.0 Å². The van der Waals surface area contributed by atoms with Gasteiger partial charge in [-0.05, 0) is 43.4 Å². The van der Waals surface area contributed by atoms with Crippen LogP contribution in [-0.2, 0) is 0 Å². The van der Waals surface area contributed by atoms with E-state index in [1.54, 1.807) is 0 Å². The van der Waals surface area contributed by atoms with Crippen LogP contribution in [0.1, 0.15) is 59.3 Å². The molecule has 1 N–H and O–H groups in total. The molecular weight excluding hydrogens is 170 g/mol. The molecule has 82 valence electrons. The summed E-state index contributed by atoms with van der Waals surface area (Å²) in [7, 11) is 0. The molecule has 1 nitrogen and oxygen atoms in total. The summed E-state index contributed by atoms with van der Waals surface area (Å²) < 4.78 is 0. The Morgan fingerprint density at radius 3 is 2.29 bits per heavy atom. The van der Waals surface area contributed by atoms with Gasteiger partial charge in [-0.2, -0.15) is 0 Å². The van der Waals surface area contributed by atoms with Crippen molar-refractivity contribution >= 4 is 0 Å². The minimum Gasteiger partial charge on any atom is -0.311 e. The summed E-state index contributed by atoms with van der Waals surface area (Å²) in [4.78, 5) is 0. The maximum atomic E-state index is 3.80. The van der Waals surface area contributed by atoms with Gasteiger partial charge in [0, 0.05) is 12.1 Å². The Hall–Kier alpha value is -0.0400. The summed E-state index contributed by atoms with van der Waals surface area (Å²) in [5, 5.41) is 3.80. The van der Waals surface area contributed by atoms with Crippen molar-refractivity contribution in [2.45, 2.75) is 71.4 Å². The highest BCUT2D eigenvalue weighted by Crippen LogP contribution is 2.40. The lowest BCUT2D eigenvalue weighted by Gasteiger charge is -2.37. The Morgan fingerprint density at radius 1 is 1.29 bits per heavy atom. The minimum absolute atomic E-state index is 0.660. The van der Waals surface area contributed by atoms with E-state index in [1.165, 1.54) is 38.5 Å². The van der Waals surface area contributed by atoms with Crippen LogP contribution in [0.5, 0.6) is 0 Å². The first-order valence-electron chi connectivity index (χ1n) is 6.39. The molecule has 14 heavy (non-hydrogen) atoms. The Bertz CT molecular complexity index is 191. The van der Waals surface area contributed by atoms with Crippen molar-refractivity contribution in [1.29, 1.82) is 0 Å². The molecule has 2 aliphatic carbocycles. The molecule has 2 fully saturated rings. The highest BCUT2D eigenvalue weighted by Gasteiger charge is 2.36. The third kappa shape index (κ3) is 2.31. The fourth-order valence-electron chi connectivity index (χ4n) is 2.69. The molecule has 0 aliphatic heterocycles. The van der Waals surface area contributed by atoms with Crippen LogP contribution in [0.15, 0.2) is 0 Å². The molecular formula is C13H25N. The van der Waals surface area contributed by atoms with E-state index in [2.05, 4.69) is 26.1 Å². The zero-order valence-electron chi connectivity index (χ0n) is 9.97. The Labute approximate surface area is 88.7 Å². The standard InChI is InChI=1S/C13H25N/c1-4-13(3)7-5-11(6-8-13)14-12-9-10(12)2/h10-12,14H,4-9H2,1-3H3/t10-,11?,12-,13?/m1/s1. The van der Waals surface area contributed by atoms with Gasteiger partial charge in [-0.3, -0.25) is 0 Å². The molecule has 0 bridgehead atoms. The highest BCUT2D eigenvalue weighted by molar-refractivity contribution is 4.94. The molecule has 2 atom stereocenters. The Morgan fingerprint density at radius 2 is 1.86 bits per heavy atom. The summed E-state index contributed by atoms with van der Waals surface area (Å²) in [5.41, 5.74) is 0.660. The first kappa shape index (κ1) is 10.5.